The first-order valence-electron chi connectivity index (χ1n) is 8.35. The number of hydrogen-bond acceptors (Lipinski definition) is 6. The zero-order chi connectivity index (χ0) is 20.1. The molecule has 1 heterocycles. The summed E-state index contributed by atoms with van der Waals surface area (Å²) in [6.45, 7) is 1.22. The van der Waals surface area contributed by atoms with Crippen LogP contribution in [0.2, 0.25) is 0 Å². The van der Waals surface area contributed by atoms with Crippen LogP contribution in [-0.4, -0.2) is 33.7 Å². The molecule has 1 amide bonds. The predicted molar refractivity (Wildman–Crippen MR) is 105 cm³/mol. The zero-order valence-corrected chi connectivity index (χ0v) is 16.1. The zero-order valence-electron chi connectivity index (χ0n) is 15.3. The number of amides is 1. The molecule has 0 radical (unpaired) electrons. The average molecular weight is 401 g/mol. The Labute approximate surface area is 162 Å². The van der Waals surface area contributed by atoms with E-state index >= 15 is 0 Å². The molecule has 0 atom stereocenters. The lowest BCUT2D eigenvalue weighted by Crippen LogP contribution is -2.35. The maximum Gasteiger partial charge on any atom is 0.255 e. The van der Waals surface area contributed by atoms with Crippen molar-refractivity contribution in [3.63, 3.8) is 0 Å². The number of para-hydroxylation sites is 1. The molecule has 2 N–H and O–H groups in total. The molecule has 9 heteroatoms. The number of fused-ring (bicyclic) bond motifs is 1. The number of nitrogens with one attached hydrogen (secondary N) is 2. The Morgan fingerprint density at radius 1 is 1.14 bits per heavy atom. The number of sulfonamides is 1. The van der Waals surface area contributed by atoms with Gasteiger partial charge in [-0.2, -0.15) is 5.10 Å². The SMILES string of the molecule is COc1cccc2cc(/C(C)=N\NC(=O)CNS(=O)(=O)c3ccccc3)oc12. The van der Waals surface area contributed by atoms with Gasteiger partial charge in [0.1, 0.15) is 5.71 Å². The first kappa shape index (κ1) is 19.6. The van der Waals surface area contributed by atoms with E-state index in [-0.39, 0.29) is 4.90 Å². The second-order valence-electron chi connectivity index (χ2n) is 5.86. The van der Waals surface area contributed by atoms with Crippen LogP contribution in [0.5, 0.6) is 5.75 Å². The monoisotopic (exact) mass is 401 g/mol. The van der Waals surface area contributed by atoms with Gasteiger partial charge in [0, 0.05) is 5.39 Å². The summed E-state index contributed by atoms with van der Waals surface area (Å²) in [6.07, 6.45) is 0. The van der Waals surface area contributed by atoms with Crippen molar-refractivity contribution in [3.05, 3.63) is 60.4 Å². The first-order valence-corrected chi connectivity index (χ1v) is 9.84. The molecule has 0 aliphatic heterocycles. The van der Waals surface area contributed by atoms with Gasteiger partial charge in [0.05, 0.1) is 18.6 Å². The molecule has 0 bridgehead atoms. The Morgan fingerprint density at radius 2 is 1.89 bits per heavy atom. The summed E-state index contributed by atoms with van der Waals surface area (Å²) in [7, 11) is -2.21. The van der Waals surface area contributed by atoms with Gasteiger partial charge in [0.2, 0.25) is 10.0 Å². The van der Waals surface area contributed by atoms with E-state index in [9.17, 15) is 13.2 Å². The van der Waals surface area contributed by atoms with Crippen LogP contribution in [0.15, 0.2) is 69.0 Å². The van der Waals surface area contributed by atoms with E-state index in [0.717, 1.165) is 5.39 Å². The van der Waals surface area contributed by atoms with Gasteiger partial charge >= 0.3 is 0 Å². The molecule has 28 heavy (non-hydrogen) atoms. The molecule has 3 rings (SSSR count). The number of hydrazone groups is 1. The highest BCUT2D eigenvalue weighted by Crippen LogP contribution is 2.28. The van der Waals surface area contributed by atoms with Crippen molar-refractivity contribution in [2.75, 3.05) is 13.7 Å². The quantitative estimate of drug-likeness (QED) is 0.466. The minimum Gasteiger partial charge on any atom is -0.493 e. The number of rotatable bonds is 7. The fraction of sp³-hybridized carbons (Fsp3) is 0.158. The van der Waals surface area contributed by atoms with E-state index in [1.54, 1.807) is 44.4 Å². The summed E-state index contributed by atoms with van der Waals surface area (Å²) in [5.74, 6) is 0.452. The van der Waals surface area contributed by atoms with Gasteiger partial charge in [-0.15, -0.1) is 0 Å². The highest BCUT2D eigenvalue weighted by molar-refractivity contribution is 7.89. The van der Waals surface area contributed by atoms with E-state index < -0.39 is 22.5 Å². The molecule has 146 valence electrons. The summed E-state index contributed by atoms with van der Waals surface area (Å²) < 4.78 is 37.4. The van der Waals surface area contributed by atoms with Gasteiger partial charge in [-0.05, 0) is 31.2 Å². The first-order chi connectivity index (χ1) is 13.4. The van der Waals surface area contributed by atoms with Gasteiger partial charge in [-0.3, -0.25) is 4.79 Å². The largest absolute Gasteiger partial charge is 0.493 e. The fourth-order valence-corrected chi connectivity index (χ4v) is 3.46. The van der Waals surface area contributed by atoms with Crippen LogP contribution in [0.1, 0.15) is 12.7 Å². The third-order valence-corrected chi connectivity index (χ3v) is 5.33. The van der Waals surface area contributed by atoms with Crippen molar-refractivity contribution in [3.8, 4) is 5.75 Å². The van der Waals surface area contributed by atoms with Gasteiger partial charge < -0.3 is 9.15 Å². The second-order valence-corrected chi connectivity index (χ2v) is 7.63. The van der Waals surface area contributed by atoms with E-state index in [4.69, 9.17) is 9.15 Å². The van der Waals surface area contributed by atoms with Crippen molar-refractivity contribution in [2.45, 2.75) is 11.8 Å². The summed E-state index contributed by atoms with van der Waals surface area (Å²) in [4.78, 5) is 12.0. The number of hydrogen-bond donors (Lipinski definition) is 2. The van der Waals surface area contributed by atoms with Crippen LogP contribution in [0, 0.1) is 0 Å². The minimum atomic E-state index is -3.76. The molecule has 0 unspecified atom stereocenters. The van der Waals surface area contributed by atoms with Crippen molar-refractivity contribution in [1.29, 1.82) is 0 Å². The molecule has 2 aromatic carbocycles. The highest BCUT2D eigenvalue weighted by Gasteiger charge is 2.15. The van der Waals surface area contributed by atoms with E-state index in [0.29, 0.717) is 22.8 Å². The topological polar surface area (TPSA) is 110 Å². The van der Waals surface area contributed by atoms with Gasteiger partial charge in [-0.1, -0.05) is 30.3 Å². The molecule has 3 aromatic rings. The number of carbonyl (C=O) groups is 1. The number of ether oxygens (including phenoxy) is 1. The third kappa shape index (κ3) is 4.38. The molecule has 0 saturated heterocycles. The smallest absolute Gasteiger partial charge is 0.255 e. The molecule has 0 aliphatic rings. The summed E-state index contributed by atoms with van der Waals surface area (Å²) in [5, 5.41) is 4.80. The summed E-state index contributed by atoms with van der Waals surface area (Å²) in [6, 6.07) is 15.1. The standard InChI is InChI=1S/C19H19N3O5S/c1-13(17-11-14-7-6-10-16(26-2)19(14)27-17)21-22-18(23)12-20-28(24,25)15-8-4-3-5-9-15/h3-11,20H,12H2,1-2H3,(H,22,23)/b21-13-. The molecule has 1 aromatic heterocycles. The average Bonchev–Trinajstić information content (AvgIpc) is 3.15. The number of carbonyl (C=O) groups excluding carboxylic acids is 1. The molecular formula is C19H19N3O5S. The van der Waals surface area contributed by atoms with Crippen molar-refractivity contribution < 1.29 is 22.4 Å². The number of nitrogens with zero attached hydrogens (tertiary/aromatic N) is 1. The molecule has 0 spiro atoms. The number of furan rings is 1. The molecule has 8 nitrogen and oxygen atoms in total. The van der Waals surface area contributed by atoms with Crippen LogP contribution in [0.25, 0.3) is 11.0 Å². The molecule has 0 saturated carbocycles. The van der Waals surface area contributed by atoms with Crippen molar-refractivity contribution in [2.24, 2.45) is 5.10 Å². The Hall–Kier alpha value is -3.17. The highest BCUT2D eigenvalue weighted by atomic mass is 32.2. The lowest BCUT2D eigenvalue weighted by atomic mass is 10.2. The Bertz CT molecular complexity index is 1120. The summed E-state index contributed by atoms with van der Waals surface area (Å²) >= 11 is 0. The van der Waals surface area contributed by atoms with E-state index in [2.05, 4.69) is 15.2 Å². The van der Waals surface area contributed by atoms with Crippen LogP contribution in [0.3, 0.4) is 0 Å². The maximum atomic E-state index is 12.1. The van der Waals surface area contributed by atoms with Crippen LogP contribution in [-0.2, 0) is 14.8 Å². The Kier molecular flexibility index (Phi) is 5.76. The number of benzene rings is 2. The van der Waals surface area contributed by atoms with Crippen molar-refractivity contribution >= 4 is 32.6 Å². The van der Waals surface area contributed by atoms with Gasteiger partial charge in [-0.25, -0.2) is 18.6 Å². The van der Waals surface area contributed by atoms with E-state index in [1.165, 1.54) is 12.1 Å². The van der Waals surface area contributed by atoms with Crippen LogP contribution < -0.4 is 14.9 Å². The van der Waals surface area contributed by atoms with Gasteiger partial charge in [0.25, 0.3) is 5.91 Å². The Morgan fingerprint density at radius 3 is 2.61 bits per heavy atom. The van der Waals surface area contributed by atoms with Gasteiger partial charge in [0.15, 0.2) is 17.1 Å². The molecule has 0 aliphatic carbocycles. The van der Waals surface area contributed by atoms with Crippen LogP contribution >= 0.6 is 0 Å². The maximum absolute atomic E-state index is 12.1. The Balaban J connectivity index is 1.64. The summed E-state index contributed by atoms with van der Waals surface area (Å²) in [5.41, 5.74) is 3.32. The lowest BCUT2D eigenvalue weighted by Gasteiger charge is -2.06. The molecule has 0 fully saturated rings. The van der Waals surface area contributed by atoms with Crippen LogP contribution in [0.4, 0.5) is 0 Å². The minimum absolute atomic E-state index is 0.0821. The van der Waals surface area contributed by atoms with Crippen molar-refractivity contribution in [1.82, 2.24) is 10.1 Å². The predicted octanol–water partition coefficient (Wildman–Crippen LogP) is 2.26. The van der Waals surface area contributed by atoms with E-state index in [1.807, 2.05) is 12.1 Å². The second kappa shape index (κ2) is 8.24. The third-order valence-electron chi connectivity index (χ3n) is 3.91. The fourth-order valence-electron chi connectivity index (χ4n) is 2.46. The molecular weight excluding hydrogens is 382 g/mol. The number of methoxy groups -OCH3 is 1. The normalized spacial score (nSPS) is 12.1. The lowest BCUT2D eigenvalue weighted by molar-refractivity contribution is -0.119.